The van der Waals surface area contributed by atoms with Gasteiger partial charge < -0.3 is 5.32 Å². The van der Waals surface area contributed by atoms with Crippen LogP contribution in [0.25, 0.3) is 0 Å². The second-order valence-electron chi connectivity index (χ2n) is 4.34. The number of hydrogen-bond donors (Lipinski definition) is 1. The van der Waals surface area contributed by atoms with E-state index in [9.17, 15) is 0 Å². The Morgan fingerprint density at radius 3 is 2.89 bits per heavy atom. The van der Waals surface area contributed by atoms with Crippen LogP contribution >= 0.6 is 0 Å². The summed E-state index contributed by atoms with van der Waals surface area (Å²) in [5, 5.41) is 7.60. The average molecular weight is 244 g/mol. The van der Waals surface area contributed by atoms with E-state index in [1.165, 1.54) is 11.3 Å². The lowest BCUT2D eigenvalue weighted by Crippen LogP contribution is -2.19. The molecule has 0 saturated carbocycles. The number of aryl methyl sites for hydroxylation is 2. The van der Waals surface area contributed by atoms with Crippen molar-refractivity contribution >= 4 is 0 Å². The Hall–Kier alpha value is -1.68. The number of aromatic nitrogens is 3. The molecule has 2 rings (SSSR count). The number of rotatable bonds is 6. The van der Waals surface area contributed by atoms with Gasteiger partial charge in [-0.15, -0.1) is 0 Å². The summed E-state index contributed by atoms with van der Waals surface area (Å²) in [4.78, 5) is 4.42. The minimum Gasteiger partial charge on any atom is -0.311 e. The van der Waals surface area contributed by atoms with Gasteiger partial charge in [-0.1, -0.05) is 13.0 Å². The molecule has 0 unspecified atom stereocenters. The molecule has 0 amide bonds. The molecule has 0 bridgehead atoms. The van der Waals surface area contributed by atoms with E-state index in [0.717, 1.165) is 31.6 Å². The van der Waals surface area contributed by atoms with Crippen molar-refractivity contribution in [2.45, 2.75) is 26.3 Å². The molecule has 0 aliphatic heterocycles. The quantitative estimate of drug-likeness (QED) is 0.787. The lowest BCUT2D eigenvalue weighted by molar-refractivity contribution is 0.634. The third-order valence-corrected chi connectivity index (χ3v) is 3.14. The fraction of sp³-hybridized carbons (Fsp3) is 0.429. The largest absolute Gasteiger partial charge is 0.311 e. The SMILES string of the molecule is CCc1cccnc1CNCCc1ccnn1C. The van der Waals surface area contributed by atoms with Crippen molar-refractivity contribution in [3.63, 3.8) is 0 Å². The van der Waals surface area contributed by atoms with Gasteiger partial charge in [-0.2, -0.15) is 5.10 Å². The maximum Gasteiger partial charge on any atom is 0.0573 e. The summed E-state index contributed by atoms with van der Waals surface area (Å²) < 4.78 is 1.92. The molecular weight excluding hydrogens is 224 g/mol. The van der Waals surface area contributed by atoms with Crippen LogP contribution in [0.2, 0.25) is 0 Å². The van der Waals surface area contributed by atoms with E-state index >= 15 is 0 Å². The minimum absolute atomic E-state index is 0.835. The van der Waals surface area contributed by atoms with Crippen molar-refractivity contribution in [2.24, 2.45) is 7.05 Å². The summed E-state index contributed by atoms with van der Waals surface area (Å²) in [7, 11) is 1.98. The molecule has 4 nitrogen and oxygen atoms in total. The molecular formula is C14H20N4. The van der Waals surface area contributed by atoms with Gasteiger partial charge >= 0.3 is 0 Å². The molecule has 0 aliphatic rings. The molecule has 2 aromatic heterocycles. The Morgan fingerprint density at radius 1 is 1.28 bits per heavy atom. The van der Waals surface area contributed by atoms with E-state index in [1.54, 1.807) is 0 Å². The van der Waals surface area contributed by atoms with Crippen molar-refractivity contribution in [1.82, 2.24) is 20.1 Å². The van der Waals surface area contributed by atoms with Gasteiger partial charge in [-0.3, -0.25) is 9.67 Å². The Morgan fingerprint density at radius 2 is 2.17 bits per heavy atom. The van der Waals surface area contributed by atoms with Crippen molar-refractivity contribution < 1.29 is 0 Å². The van der Waals surface area contributed by atoms with Gasteiger partial charge in [0.05, 0.1) is 5.69 Å². The first-order chi connectivity index (χ1) is 8.81. The Balaban J connectivity index is 1.80. The molecule has 0 fully saturated rings. The predicted octanol–water partition coefficient (Wildman–Crippen LogP) is 1.71. The normalized spacial score (nSPS) is 10.8. The third-order valence-electron chi connectivity index (χ3n) is 3.14. The van der Waals surface area contributed by atoms with E-state index in [0.29, 0.717) is 0 Å². The van der Waals surface area contributed by atoms with Gasteiger partial charge in [-0.25, -0.2) is 0 Å². The van der Waals surface area contributed by atoms with Crippen LogP contribution in [0.3, 0.4) is 0 Å². The highest BCUT2D eigenvalue weighted by atomic mass is 15.3. The van der Waals surface area contributed by atoms with Crippen LogP contribution in [-0.4, -0.2) is 21.3 Å². The fourth-order valence-corrected chi connectivity index (χ4v) is 2.02. The molecule has 96 valence electrons. The van der Waals surface area contributed by atoms with Gasteiger partial charge in [0.2, 0.25) is 0 Å². The zero-order valence-electron chi connectivity index (χ0n) is 11.1. The van der Waals surface area contributed by atoms with Crippen molar-refractivity contribution in [1.29, 1.82) is 0 Å². The van der Waals surface area contributed by atoms with Crippen LogP contribution in [0.4, 0.5) is 0 Å². The lowest BCUT2D eigenvalue weighted by Gasteiger charge is -2.08. The monoisotopic (exact) mass is 244 g/mol. The molecule has 0 saturated heterocycles. The highest BCUT2D eigenvalue weighted by Crippen LogP contribution is 2.05. The van der Waals surface area contributed by atoms with Gasteiger partial charge in [-0.05, 0) is 24.1 Å². The van der Waals surface area contributed by atoms with Crippen molar-refractivity contribution in [3.05, 3.63) is 47.5 Å². The molecule has 18 heavy (non-hydrogen) atoms. The number of nitrogens with one attached hydrogen (secondary N) is 1. The lowest BCUT2D eigenvalue weighted by atomic mass is 10.1. The number of hydrogen-bond acceptors (Lipinski definition) is 3. The molecule has 2 heterocycles. The van der Waals surface area contributed by atoms with E-state index in [-0.39, 0.29) is 0 Å². The zero-order valence-corrected chi connectivity index (χ0v) is 11.1. The van der Waals surface area contributed by atoms with Gasteiger partial charge in [0.1, 0.15) is 0 Å². The predicted molar refractivity (Wildman–Crippen MR) is 72.2 cm³/mol. The van der Waals surface area contributed by atoms with Crippen LogP contribution in [0.5, 0.6) is 0 Å². The highest BCUT2D eigenvalue weighted by Gasteiger charge is 2.01. The van der Waals surface area contributed by atoms with E-state index in [2.05, 4.69) is 34.5 Å². The van der Waals surface area contributed by atoms with E-state index in [4.69, 9.17) is 0 Å². The molecule has 0 spiro atoms. The second-order valence-corrected chi connectivity index (χ2v) is 4.34. The van der Waals surface area contributed by atoms with Gasteiger partial charge in [0.25, 0.3) is 0 Å². The van der Waals surface area contributed by atoms with E-state index in [1.807, 2.05) is 30.2 Å². The molecule has 2 aromatic rings. The minimum atomic E-state index is 0.835. The Kier molecular flexibility index (Phi) is 4.47. The summed E-state index contributed by atoms with van der Waals surface area (Å²) in [5.41, 5.74) is 3.73. The zero-order chi connectivity index (χ0) is 12.8. The molecule has 0 aromatic carbocycles. The summed E-state index contributed by atoms with van der Waals surface area (Å²) in [6, 6.07) is 6.20. The van der Waals surface area contributed by atoms with Gasteiger partial charge in [0, 0.05) is 44.6 Å². The van der Waals surface area contributed by atoms with Crippen molar-refractivity contribution in [3.8, 4) is 0 Å². The molecule has 1 N–H and O–H groups in total. The van der Waals surface area contributed by atoms with Gasteiger partial charge in [0.15, 0.2) is 0 Å². The maximum atomic E-state index is 4.42. The van der Waals surface area contributed by atoms with Crippen LogP contribution in [0.15, 0.2) is 30.6 Å². The van der Waals surface area contributed by atoms with Crippen LogP contribution < -0.4 is 5.32 Å². The number of nitrogens with zero attached hydrogens (tertiary/aromatic N) is 3. The fourth-order valence-electron chi connectivity index (χ4n) is 2.02. The van der Waals surface area contributed by atoms with Crippen LogP contribution in [-0.2, 0) is 26.4 Å². The topological polar surface area (TPSA) is 42.7 Å². The maximum absolute atomic E-state index is 4.42. The Bertz CT molecular complexity index is 490. The standard InChI is InChI=1S/C14H20N4/c1-3-12-5-4-8-16-14(12)11-15-9-6-13-7-10-17-18(13)2/h4-5,7-8,10,15H,3,6,9,11H2,1-2H3. The number of pyridine rings is 1. The summed E-state index contributed by atoms with van der Waals surface area (Å²) >= 11 is 0. The summed E-state index contributed by atoms with van der Waals surface area (Å²) in [5.74, 6) is 0. The summed E-state index contributed by atoms with van der Waals surface area (Å²) in [6.45, 7) is 3.94. The first-order valence-corrected chi connectivity index (χ1v) is 6.41. The third kappa shape index (κ3) is 3.17. The molecule has 0 atom stereocenters. The smallest absolute Gasteiger partial charge is 0.0573 e. The molecule has 0 aliphatic carbocycles. The average Bonchev–Trinajstić information content (AvgIpc) is 2.81. The molecule has 4 heteroatoms. The van der Waals surface area contributed by atoms with Crippen LogP contribution in [0.1, 0.15) is 23.9 Å². The first kappa shape index (κ1) is 12.8. The van der Waals surface area contributed by atoms with Crippen LogP contribution in [0, 0.1) is 0 Å². The van der Waals surface area contributed by atoms with Crippen molar-refractivity contribution in [2.75, 3.05) is 6.54 Å². The first-order valence-electron chi connectivity index (χ1n) is 6.41. The summed E-state index contributed by atoms with van der Waals surface area (Å²) in [6.07, 6.45) is 5.72. The van der Waals surface area contributed by atoms with E-state index < -0.39 is 0 Å². The second kappa shape index (κ2) is 6.31. The Labute approximate surface area is 108 Å². The highest BCUT2D eigenvalue weighted by molar-refractivity contribution is 5.19. The molecule has 0 radical (unpaired) electrons.